The average Bonchev–Trinajstić information content (AvgIpc) is 2.26. The molecule has 2 rings (SSSR count). The lowest BCUT2D eigenvalue weighted by molar-refractivity contribution is 0.0697. The lowest BCUT2D eigenvalue weighted by Gasteiger charge is -2.33. The summed E-state index contributed by atoms with van der Waals surface area (Å²) in [4.78, 5) is 23.0. The van der Waals surface area contributed by atoms with Crippen molar-refractivity contribution in [2.75, 3.05) is 5.32 Å². The van der Waals surface area contributed by atoms with Gasteiger partial charge in [0.2, 0.25) is 0 Å². The van der Waals surface area contributed by atoms with E-state index in [-0.39, 0.29) is 17.6 Å². The molecule has 3 N–H and O–H groups in total. The van der Waals surface area contributed by atoms with E-state index in [9.17, 15) is 9.59 Å². The minimum atomic E-state index is -1.04. The molecular weight excluding hydrogens is 244 g/mol. The number of benzene rings is 1. The molecule has 0 saturated heterocycles. The van der Waals surface area contributed by atoms with Gasteiger partial charge in [-0.1, -0.05) is 19.1 Å². The number of anilines is 1. The van der Waals surface area contributed by atoms with Crippen molar-refractivity contribution in [1.29, 1.82) is 0 Å². The van der Waals surface area contributed by atoms with E-state index in [1.54, 1.807) is 25.1 Å². The Bertz CT molecular complexity index is 507. The van der Waals surface area contributed by atoms with E-state index in [1.807, 2.05) is 0 Å². The molecule has 1 fully saturated rings. The molecule has 1 saturated carbocycles. The van der Waals surface area contributed by atoms with Gasteiger partial charge in [0, 0.05) is 6.04 Å². The number of aromatic carboxylic acids is 1. The van der Waals surface area contributed by atoms with Gasteiger partial charge in [-0.15, -0.1) is 0 Å². The summed E-state index contributed by atoms with van der Waals surface area (Å²) in [6.07, 6.45) is 1.96. The van der Waals surface area contributed by atoms with Gasteiger partial charge in [-0.25, -0.2) is 9.59 Å². The van der Waals surface area contributed by atoms with Crippen LogP contribution >= 0.6 is 0 Å². The summed E-state index contributed by atoms with van der Waals surface area (Å²) >= 11 is 0. The van der Waals surface area contributed by atoms with Crippen LogP contribution in [0.2, 0.25) is 0 Å². The Balaban J connectivity index is 2.04. The van der Waals surface area contributed by atoms with Crippen LogP contribution in [0.4, 0.5) is 10.5 Å². The highest BCUT2D eigenvalue weighted by molar-refractivity contribution is 6.01. The van der Waals surface area contributed by atoms with Gasteiger partial charge in [0.15, 0.2) is 0 Å². The molecule has 0 aromatic heterocycles. The molecule has 5 heteroatoms. The maximum atomic E-state index is 11.8. The molecule has 102 valence electrons. The van der Waals surface area contributed by atoms with Gasteiger partial charge in [0.1, 0.15) is 0 Å². The minimum absolute atomic E-state index is 0.139. The largest absolute Gasteiger partial charge is 0.478 e. The van der Waals surface area contributed by atoms with Crippen LogP contribution in [0.1, 0.15) is 35.7 Å². The number of nitrogens with one attached hydrogen (secondary N) is 2. The summed E-state index contributed by atoms with van der Waals surface area (Å²) in [5.41, 5.74) is 1.10. The van der Waals surface area contributed by atoms with E-state index in [4.69, 9.17) is 5.11 Å². The number of carboxylic acids is 1. The molecule has 0 atom stereocenters. The standard InChI is InChI=1S/C14H18N2O3/c1-8-6-10(7-8)15-14(19)16-11-5-3-4-9(2)12(11)13(17)18/h3-5,8,10H,6-7H2,1-2H3,(H,17,18)(H2,15,16,19). The van der Waals surface area contributed by atoms with E-state index < -0.39 is 5.97 Å². The topological polar surface area (TPSA) is 78.4 Å². The number of carbonyl (C=O) groups is 2. The van der Waals surface area contributed by atoms with Crippen molar-refractivity contribution in [2.45, 2.75) is 32.7 Å². The molecule has 19 heavy (non-hydrogen) atoms. The summed E-state index contributed by atoms with van der Waals surface area (Å²) in [7, 11) is 0. The lowest BCUT2D eigenvalue weighted by atomic mass is 9.82. The van der Waals surface area contributed by atoms with Crippen molar-refractivity contribution in [3.05, 3.63) is 29.3 Å². The van der Waals surface area contributed by atoms with Crippen LogP contribution in [0.15, 0.2) is 18.2 Å². The number of carboxylic acid groups (broad SMARTS) is 1. The van der Waals surface area contributed by atoms with Gasteiger partial charge in [0.25, 0.3) is 0 Å². The Kier molecular flexibility index (Phi) is 3.74. The molecule has 1 aliphatic rings. The number of carbonyl (C=O) groups excluding carboxylic acids is 1. The fourth-order valence-corrected chi connectivity index (χ4v) is 2.42. The minimum Gasteiger partial charge on any atom is -0.478 e. The van der Waals surface area contributed by atoms with Crippen LogP contribution in [0.25, 0.3) is 0 Å². The highest BCUT2D eigenvalue weighted by Gasteiger charge is 2.26. The highest BCUT2D eigenvalue weighted by atomic mass is 16.4. The molecular formula is C14H18N2O3. The van der Waals surface area contributed by atoms with Crippen LogP contribution in [0.5, 0.6) is 0 Å². The molecule has 2 amide bonds. The lowest BCUT2D eigenvalue weighted by Crippen LogP contribution is -2.45. The van der Waals surface area contributed by atoms with Crippen LogP contribution < -0.4 is 10.6 Å². The quantitative estimate of drug-likeness (QED) is 0.783. The van der Waals surface area contributed by atoms with Crippen LogP contribution in [0.3, 0.4) is 0 Å². The summed E-state index contributed by atoms with van der Waals surface area (Å²) in [5.74, 6) is -0.385. The Hall–Kier alpha value is -2.04. The third-order valence-electron chi connectivity index (χ3n) is 3.44. The zero-order chi connectivity index (χ0) is 14.0. The average molecular weight is 262 g/mol. The second kappa shape index (κ2) is 5.30. The van der Waals surface area contributed by atoms with Crippen molar-refractivity contribution in [1.82, 2.24) is 5.32 Å². The number of rotatable bonds is 3. The molecule has 1 aromatic rings. The van der Waals surface area contributed by atoms with Gasteiger partial charge < -0.3 is 15.7 Å². The van der Waals surface area contributed by atoms with E-state index in [1.165, 1.54) is 0 Å². The zero-order valence-electron chi connectivity index (χ0n) is 11.1. The van der Waals surface area contributed by atoms with Crippen LogP contribution in [-0.2, 0) is 0 Å². The first-order chi connectivity index (χ1) is 8.97. The first-order valence-corrected chi connectivity index (χ1v) is 6.37. The fourth-order valence-electron chi connectivity index (χ4n) is 2.42. The van der Waals surface area contributed by atoms with Crippen molar-refractivity contribution >= 4 is 17.7 Å². The third kappa shape index (κ3) is 3.05. The number of amides is 2. The molecule has 0 radical (unpaired) electrons. The van der Waals surface area contributed by atoms with Crippen molar-refractivity contribution in [3.63, 3.8) is 0 Å². The Morgan fingerprint density at radius 1 is 1.32 bits per heavy atom. The normalized spacial score (nSPS) is 21.4. The van der Waals surface area contributed by atoms with Gasteiger partial charge in [0.05, 0.1) is 11.3 Å². The molecule has 0 spiro atoms. The maximum absolute atomic E-state index is 11.8. The number of hydrogen-bond acceptors (Lipinski definition) is 2. The Labute approximate surface area is 112 Å². The van der Waals surface area contributed by atoms with Gasteiger partial charge in [-0.3, -0.25) is 0 Å². The Morgan fingerprint density at radius 2 is 2.00 bits per heavy atom. The fraction of sp³-hybridized carbons (Fsp3) is 0.429. The number of aryl methyl sites for hydroxylation is 1. The van der Waals surface area contributed by atoms with E-state index in [0.29, 0.717) is 17.2 Å². The smallest absolute Gasteiger partial charge is 0.338 e. The van der Waals surface area contributed by atoms with Crippen LogP contribution in [-0.4, -0.2) is 23.1 Å². The van der Waals surface area contributed by atoms with E-state index >= 15 is 0 Å². The van der Waals surface area contributed by atoms with Gasteiger partial charge in [-0.05, 0) is 37.3 Å². The van der Waals surface area contributed by atoms with Gasteiger partial charge >= 0.3 is 12.0 Å². The molecule has 0 bridgehead atoms. The zero-order valence-corrected chi connectivity index (χ0v) is 11.1. The molecule has 1 aliphatic carbocycles. The van der Waals surface area contributed by atoms with Crippen molar-refractivity contribution < 1.29 is 14.7 Å². The maximum Gasteiger partial charge on any atom is 0.338 e. The molecule has 0 unspecified atom stereocenters. The number of urea groups is 1. The second-order valence-corrected chi connectivity index (χ2v) is 5.17. The molecule has 1 aromatic carbocycles. The molecule has 0 heterocycles. The SMILES string of the molecule is Cc1cccc(NC(=O)NC2CC(C)C2)c1C(=O)O. The summed E-state index contributed by atoms with van der Waals surface area (Å²) in [6.45, 7) is 3.85. The van der Waals surface area contributed by atoms with Gasteiger partial charge in [-0.2, -0.15) is 0 Å². The first-order valence-electron chi connectivity index (χ1n) is 6.37. The molecule has 0 aliphatic heterocycles. The van der Waals surface area contributed by atoms with Crippen LogP contribution in [0, 0.1) is 12.8 Å². The predicted octanol–water partition coefficient (Wildman–Crippen LogP) is 2.61. The molecule has 5 nitrogen and oxygen atoms in total. The summed E-state index contributed by atoms with van der Waals surface area (Å²) in [5, 5.41) is 14.6. The van der Waals surface area contributed by atoms with Crippen molar-refractivity contribution in [3.8, 4) is 0 Å². The summed E-state index contributed by atoms with van der Waals surface area (Å²) in [6, 6.07) is 4.89. The Morgan fingerprint density at radius 3 is 2.58 bits per heavy atom. The predicted molar refractivity (Wildman–Crippen MR) is 72.5 cm³/mol. The highest BCUT2D eigenvalue weighted by Crippen LogP contribution is 2.26. The monoisotopic (exact) mass is 262 g/mol. The summed E-state index contributed by atoms with van der Waals surface area (Å²) < 4.78 is 0. The van der Waals surface area contributed by atoms with E-state index in [0.717, 1.165) is 12.8 Å². The van der Waals surface area contributed by atoms with Crippen molar-refractivity contribution in [2.24, 2.45) is 5.92 Å². The third-order valence-corrected chi connectivity index (χ3v) is 3.44. The van der Waals surface area contributed by atoms with E-state index in [2.05, 4.69) is 17.6 Å². The second-order valence-electron chi connectivity index (χ2n) is 5.17. The first kappa shape index (κ1) is 13.4. The number of hydrogen-bond donors (Lipinski definition) is 3.